The molecule has 1 amide bonds. The largest absolute Gasteiger partial charge is 0.496 e. The van der Waals surface area contributed by atoms with Crippen LogP contribution in [0.4, 0.5) is 5.69 Å². The van der Waals surface area contributed by atoms with Crippen LogP contribution in [-0.4, -0.2) is 35.6 Å². The van der Waals surface area contributed by atoms with Gasteiger partial charge in [0.15, 0.2) is 0 Å². The number of amides is 1. The van der Waals surface area contributed by atoms with Crippen molar-refractivity contribution < 1.29 is 19.4 Å². The third-order valence-electron chi connectivity index (χ3n) is 2.83. The average Bonchev–Trinajstić information content (AvgIpc) is 2.46. The quantitative estimate of drug-likeness (QED) is 0.685. The molecule has 0 bridgehead atoms. The second-order valence-corrected chi connectivity index (χ2v) is 5.71. The molecule has 116 valence electrons. The fourth-order valence-electron chi connectivity index (χ4n) is 1.68. The van der Waals surface area contributed by atoms with Gasteiger partial charge in [0.2, 0.25) is 5.91 Å². The second kappa shape index (κ2) is 9.28. The van der Waals surface area contributed by atoms with Crippen LogP contribution in [0, 0.1) is 0 Å². The number of carboxylic acids is 1. The van der Waals surface area contributed by atoms with E-state index in [1.54, 1.807) is 17.8 Å². The summed E-state index contributed by atoms with van der Waals surface area (Å²) in [5.41, 5.74) is 0.617. The Morgan fingerprint density at radius 1 is 1.33 bits per heavy atom. The number of rotatable bonds is 9. The SMILES string of the molecule is CCCCSCCC(=O)Nc1ccc(C(=O)O)c(OC)c1. The Balaban J connectivity index is 2.51. The van der Waals surface area contributed by atoms with Gasteiger partial charge in [-0.1, -0.05) is 13.3 Å². The molecule has 5 nitrogen and oxygen atoms in total. The van der Waals surface area contributed by atoms with Crippen LogP contribution in [0.15, 0.2) is 18.2 Å². The lowest BCUT2D eigenvalue weighted by atomic mass is 10.2. The minimum Gasteiger partial charge on any atom is -0.496 e. The number of carboxylic acid groups (broad SMARTS) is 1. The van der Waals surface area contributed by atoms with Crippen molar-refractivity contribution in [1.82, 2.24) is 0 Å². The molecule has 1 rings (SSSR count). The van der Waals surface area contributed by atoms with Crippen LogP contribution in [0.1, 0.15) is 36.5 Å². The predicted octanol–water partition coefficient (Wildman–Crippen LogP) is 3.26. The molecule has 1 aromatic rings. The zero-order chi connectivity index (χ0) is 15.7. The van der Waals surface area contributed by atoms with Crippen molar-refractivity contribution in [1.29, 1.82) is 0 Å². The molecule has 0 fully saturated rings. The summed E-state index contributed by atoms with van der Waals surface area (Å²) in [5, 5.41) is 11.7. The van der Waals surface area contributed by atoms with E-state index < -0.39 is 5.97 Å². The molecule has 0 spiro atoms. The maximum absolute atomic E-state index is 11.8. The Morgan fingerprint density at radius 2 is 2.10 bits per heavy atom. The lowest BCUT2D eigenvalue weighted by Gasteiger charge is -2.09. The summed E-state index contributed by atoms with van der Waals surface area (Å²) < 4.78 is 5.02. The third kappa shape index (κ3) is 6.08. The molecule has 0 aliphatic carbocycles. The number of carbonyl (C=O) groups is 2. The molecule has 0 saturated heterocycles. The molecular formula is C15H21NO4S. The van der Waals surface area contributed by atoms with Crippen molar-refractivity contribution in [3.05, 3.63) is 23.8 Å². The molecule has 0 aliphatic heterocycles. The second-order valence-electron chi connectivity index (χ2n) is 4.48. The first-order valence-electron chi connectivity index (χ1n) is 6.87. The predicted molar refractivity (Wildman–Crippen MR) is 85.4 cm³/mol. The van der Waals surface area contributed by atoms with E-state index in [1.807, 2.05) is 0 Å². The van der Waals surface area contributed by atoms with Crippen LogP contribution in [-0.2, 0) is 4.79 Å². The van der Waals surface area contributed by atoms with Crippen LogP contribution in [0.3, 0.4) is 0 Å². The number of aromatic carboxylic acids is 1. The molecule has 0 atom stereocenters. The zero-order valence-electron chi connectivity index (χ0n) is 12.3. The number of unbranched alkanes of at least 4 members (excludes halogenated alkanes) is 1. The van der Waals surface area contributed by atoms with Crippen molar-refractivity contribution in [3.63, 3.8) is 0 Å². The van der Waals surface area contributed by atoms with E-state index in [-0.39, 0.29) is 17.2 Å². The first kappa shape index (κ1) is 17.4. The molecule has 0 saturated carbocycles. The minimum atomic E-state index is -1.06. The lowest BCUT2D eigenvalue weighted by molar-refractivity contribution is -0.115. The Bertz CT molecular complexity index is 491. The summed E-state index contributed by atoms with van der Waals surface area (Å²) in [4.78, 5) is 22.8. The molecule has 0 heterocycles. The molecule has 0 unspecified atom stereocenters. The zero-order valence-corrected chi connectivity index (χ0v) is 13.2. The maximum Gasteiger partial charge on any atom is 0.339 e. The van der Waals surface area contributed by atoms with Gasteiger partial charge in [0.1, 0.15) is 11.3 Å². The Kier molecular flexibility index (Phi) is 7.68. The maximum atomic E-state index is 11.8. The van der Waals surface area contributed by atoms with E-state index in [9.17, 15) is 9.59 Å². The van der Waals surface area contributed by atoms with Gasteiger partial charge in [0.05, 0.1) is 7.11 Å². The normalized spacial score (nSPS) is 10.2. The first-order chi connectivity index (χ1) is 10.1. The van der Waals surface area contributed by atoms with Crippen LogP contribution in [0.2, 0.25) is 0 Å². The number of carbonyl (C=O) groups excluding carboxylic acids is 1. The number of hydrogen-bond acceptors (Lipinski definition) is 4. The topological polar surface area (TPSA) is 75.6 Å². The number of ether oxygens (including phenoxy) is 1. The molecule has 1 aromatic carbocycles. The van der Waals surface area contributed by atoms with E-state index >= 15 is 0 Å². The van der Waals surface area contributed by atoms with Gasteiger partial charge in [-0.25, -0.2) is 4.79 Å². The Labute approximate surface area is 129 Å². The number of anilines is 1. The summed E-state index contributed by atoms with van der Waals surface area (Å²) in [7, 11) is 1.40. The van der Waals surface area contributed by atoms with Crippen molar-refractivity contribution in [2.45, 2.75) is 26.2 Å². The van der Waals surface area contributed by atoms with Crippen molar-refractivity contribution in [2.75, 3.05) is 23.9 Å². The fraction of sp³-hybridized carbons (Fsp3) is 0.467. The number of benzene rings is 1. The van der Waals surface area contributed by atoms with Crippen LogP contribution >= 0.6 is 11.8 Å². The molecule has 0 aromatic heterocycles. The Morgan fingerprint density at radius 3 is 2.71 bits per heavy atom. The number of nitrogens with one attached hydrogen (secondary N) is 1. The van der Waals surface area contributed by atoms with Gasteiger partial charge in [-0.05, 0) is 24.3 Å². The standard InChI is InChI=1S/C15H21NO4S/c1-3-4-8-21-9-7-14(17)16-11-5-6-12(15(18)19)13(10-11)20-2/h5-6,10H,3-4,7-9H2,1-2H3,(H,16,17)(H,18,19). The minimum absolute atomic E-state index is 0.0746. The van der Waals surface area contributed by atoms with Gasteiger partial charge < -0.3 is 15.2 Å². The van der Waals surface area contributed by atoms with Crippen molar-refractivity contribution in [3.8, 4) is 5.75 Å². The van der Waals surface area contributed by atoms with Gasteiger partial charge in [0, 0.05) is 23.9 Å². The first-order valence-corrected chi connectivity index (χ1v) is 8.02. The molecule has 0 radical (unpaired) electrons. The number of hydrogen-bond donors (Lipinski definition) is 2. The van der Waals surface area contributed by atoms with Gasteiger partial charge >= 0.3 is 5.97 Å². The highest BCUT2D eigenvalue weighted by atomic mass is 32.2. The highest BCUT2D eigenvalue weighted by Gasteiger charge is 2.12. The average molecular weight is 311 g/mol. The molecular weight excluding hydrogens is 290 g/mol. The van der Waals surface area contributed by atoms with E-state index in [4.69, 9.17) is 9.84 Å². The highest BCUT2D eigenvalue weighted by molar-refractivity contribution is 7.99. The van der Waals surface area contributed by atoms with Crippen LogP contribution < -0.4 is 10.1 Å². The molecule has 2 N–H and O–H groups in total. The highest BCUT2D eigenvalue weighted by Crippen LogP contribution is 2.23. The van der Waals surface area contributed by atoms with Crippen LogP contribution in [0.5, 0.6) is 5.75 Å². The summed E-state index contributed by atoms with van der Waals surface area (Å²) in [6.45, 7) is 2.14. The van der Waals surface area contributed by atoms with E-state index in [1.165, 1.54) is 25.7 Å². The molecule has 6 heteroatoms. The number of methoxy groups -OCH3 is 1. The fourth-order valence-corrected chi connectivity index (χ4v) is 2.71. The van der Waals surface area contributed by atoms with Crippen molar-refractivity contribution in [2.24, 2.45) is 0 Å². The van der Waals surface area contributed by atoms with Gasteiger partial charge in [-0.3, -0.25) is 4.79 Å². The molecule has 21 heavy (non-hydrogen) atoms. The monoisotopic (exact) mass is 311 g/mol. The van der Waals surface area contributed by atoms with Crippen LogP contribution in [0.25, 0.3) is 0 Å². The lowest BCUT2D eigenvalue weighted by Crippen LogP contribution is -2.13. The van der Waals surface area contributed by atoms with E-state index in [0.717, 1.165) is 17.9 Å². The smallest absolute Gasteiger partial charge is 0.339 e. The van der Waals surface area contributed by atoms with Gasteiger partial charge in [-0.2, -0.15) is 11.8 Å². The molecule has 0 aliphatic rings. The summed E-state index contributed by atoms with van der Waals surface area (Å²) >= 11 is 1.77. The summed E-state index contributed by atoms with van der Waals surface area (Å²) in [6.07, 6.45) is 2.77. The number of thioether (sulfide) groups is 1. The van der Waals surface area contributed by atoms with Gasteiger partial charge in [-0.15, -0.1) is 0 Å². The van der Waals surface area contributed by atoms with Gasteiger partial charge in [0.25, 0.3) is 0 Å². The Hall–Kier alpha value is -1.69. The summed E-state index contributed by atoms with van der Waals surface area (Å²) in [6, 6.07) is 4.51. The third-order valence-corrected chi connectivity index (χ3v) is 3.90. The van der Waals surface area contributed by atoms with E-state index in [0.29, 0.717) is 12.1 Å². The van der Waals surface area contributed by atoms with E-state index in [2.05, 4.69) is 12.2 Å². The summed E-state index contributed by atoms with van der Waals surface area (Å²) in [5.74, 6) is 0.958. The van der Waals surface area contributed by atoms with Crippen molar-refractivity contribution >= 4 is 29.3 Å².